The molecular formula is C10H17NO. The molecule has 2 N–H and O–H groups in total. The Bertz CT molecular complexity index is 174. The van der Waals surface area contributed by atoms with Gasteiger partial charge in [0.2, 0.25) is 0 Å². The summed E-state index contributed by atoms with van der Waals surface area (Å²) in [5.74, 6) is 2.41. The van der Waals surface area contributed by atoms with E-state index >= 15 is 0 Å². The summed E-state index contributed by atoms with van der Waals surface area (Å²) in [7, 11) is 0. The van der Waals surface area contributed by atoms with Crippen molar-refractivity contribution in [2.45, 2.75) is 32.1 Å². The van der Waals surface area contributed by atoms with Gasteiger partial charge in [-0.2, -0.15) is 0 Å². The fraction of sp³-hybridized carbons (Fsp3) is 0.900. The second-order valence-corrected chi connectivity index (χ2v) is 4.30. The van der Waals surface area contributed by atoms with Crippen molar-refractivity contribution >= 4 is 5.78 Å². The van der Waals surface area contributed by atoms with Crippen molar-refractivity contribution in [3.8, 4) is 0 Å². The minimum atomic E-state index is 0.481. The highest BCUT2D eigenvalue weighted by Crippen LogP contribution is 2.42. The van der Waals surface area contributed by atoms with Crippen molar-refractivity contribution in [2.75, 3.05) is 6.54 Å². The number of hydrogen-bond acceptors (Lipinski definition) is 2. The van der Waals surface area contributed by atoms with Crippen molar-refractivity contribution < 1.29 is 4.79 Å². The van der Waals surface area contributed by atoms with E-state index in [1.807, 2.05) is 0 Å². The lowest BCUT2D eigenvalue weighted by atomic mass is 9.64. The number of Topliss-reactive ketones (excluding diaryl/α,β-unsaturated/α-hetero) is 1. The van der Waals surface area contributed by atoms with E-state index < -0.39 is 0 Å². The number of fused-ring (bicyclic) bond motifs is 2. The summed E-state index contributed by atoms with van der Waals surface area (Å²) in [6, 6.07) is 0. The summed E-state index contributed by atoms with van der Waals surface area (Å²) in [4.78, 5) is 11.3. The van der Waals surface area contributed by atoms with Crippen molar-refractivity contribution in [3.63, 3.8) is 0 Å². The normalized spacial score (nSPS) is 41.4. The predicted molar refractivity (Wildman–Crippen MR) is 47.6 cm³/mol. The molecule has 68 valence electrons. The van der Waals surface area contributed by atoms with Gasteiger partial charge in [-0.15, -0.1) is 0 Å². The molecule has 0 spiro atoms. The number of nitrogens with two attached hydrogens (primary N) is 1. The zero-order valence-electron chi connectivity index (χ0n) is 7.46. The summed E-state index contributed by atoms with van der Waals surface area (Å²) in [6.07, 6.45) is 5.43. The topological polar surface area (TPSA) is 43.1 Å². The highest BCUT2D eigenvalue weighted by atomic mass is 16.1. The van der Waals surface area contributed by atoms with Crippen LogP contribution in [0.5, 0.6) is 0 Å². The molecule has 2 unspecified atom stereocenters. The van der Waals surface area contributed by atoms with Gasteiger partial charge in [0.15, 0.2) is 0 Å². The highest BCUT2D eigenvalue weighted by molar-refractivity contribution is 5.79. The molecule has 2 bridgehead atoms. The van der Waals surface area contributed by atoms with E-state index in [2.05, 4.69) is 0 Å². The van der Waals surface area contributed by atoms with Gasteiger partial charge in [-0.25, -0.2) is 0 Å². The molecule has 2 aliphatic carbocycles. The largest absolute Gasteiger partial charge is 0.330 e. The summed E-state index contributed by atoms with van der Waals surface area (Å²) < 4.78 is 0. The van der Waals surface area contributed by atoms with E-state index in [0.29, 0.717) is 23.5 Å². The SMILES string of the molecule is NCC1C2CCCC1CC(=O)C2. The molecule has 2 atom stereocenters. The Hall–Kier alpha value is -0.370. The van der Waals surface area contributed by atoms with Crippen LogP contribution in [0.1, 0.15) is 32.1 Å². The number of carbonyl (C=O) groups excluding carboxylic acids is 1. The molecule has 0 amide bonds. The van der Waals surface area contributed by atoms with Crippen molar-refractivity contribution in [3.05, 3.63) is 0 Å². The highest BCUT2D eigenvalue weighted by Gasteiger charge is 2.38. The molecule has 2 aliphatic rings. The smallest absolute Gasteiger partial charge is 0.133 e. The monoisotopic (exact) mass is 167 g/mol. The molecule has 0 heterocycles. The molecule has 0 aliphatic heterocycles. The van der Waals surface area contributed by atoms with Gasteiger partial charge in [0.05, 0.1) is 0 Å². The Morgan fingerprint density at radius 3 is 2.33 bits per heavy atom. The van der Waals surface area contributed by atoms with E-state index in [1.165, 1.54) is 19.3 Å². The third kappa shape index (κ3) is 1.28. The van der Waals surface area contributed by atoms with Crippen LogP contribution in [0.2, 0.25) is 0 Å². The van der Waals surface area contributed by atoms with E-state index in [0.717, 1.165) is 19.4 Å². The first-order valence-electron chi connectivity index (χ1n) is 5.03. The molecule has 12 heavy (non-hydrogen) atoms. The zero-order chi connectivity index (χ0) is 8.55. The van der Waals surface area contributed by atoms with Gasteiger partial charge in [0.1, 0.15) is 5.78 Å². The second kappa shape index (κ2) is 3.17. The molecular weight excluding hydrogens is 150 g/mol. The summed E-state index contributed by atoms with van der Waals surface area (Å²) in [6.45, 7) is 0.794. The Balaban J connectivity index is 2.11. The minimum Gasteiger partial charge on any atom is -0.330 e. The molecule has 0 aromatic heterocycles. The van der Waals surface area contributed by atoms with Gasteiger partial charge in [-0.1, -0.05) is 6.42 Å². The Kier molecular flexibility index (Phi) is 2.18. The van der Waals surface area contributed by atoms with Gasteiger partial charge < -0.3 is 5.73 Å². The molecule has 2 rings (SSSR count). The van der Waals surface area contributed by atoms with Gasteiger partial charge in [-0.3, -0.25) is 4.79 Å². The summed E-state index contributed by atoms with van der Waals surface area (Å²) in [5.41, 5.74) is 5.73. The standard InChI is InChI=1S/C10H17NO/c11-6-10-7-2-1-3-8(10)5-9(12)4-7/h7-8,10H,1-6,11H2. The Morgan fingerprint density at radius 2 is 1.83 bits per heavy atom. The van der Waals surface area contributed by atoms with Crippen LogP contribution in [0.15, 0.2) is 0 Å². The third-order valence-corrected chi connectivity index (χ3v) is 3.61. The fourth-order valence-electron chi connectivity index (χ4n) is 3.02. The lowest BCUT2D eigenvalue weighted by Crippen LogP contribution is -2.40. The van der Waals surface area contributed by atoms with E-state index in [9.17, 15) is 4.79 Å². The van der Waals surface area contributed by atoms with Crippen LogP contribution in [0.25, 0.3) is 0 Å². The van der Waals surface area contributed by atoms with Crippen LogP contribution >= 0.6 is 0 Å². The average Bonchev–Trinajstić information content (AvgIpc) is 2.02. The molecule has 2 saturated carbocycles. The summed E-state index contributed by atoms with van der Waals surface area (Å²) >= 11 is 0. The average molecular weight is 167 g/mol. The molecule has 0 radical (unpaired) electrons. The van der Waals surface area contributed by atoms with Gasteiger partial charge >= 0.3 is 0 Å². The fourth-order valence-corrected chi connectivity index (χ4v) is 3.02. The van der Waals surface area contributed by atoms with E-state index in [4.69, 9.17) is 5.73 Å². The van der Waals surface area contributed by atoms with Crippen LogP contribution in [-0.2, 0) is 4.79 Å². The maximum atomic E-state index is 11.3. The van der Waals surface area contributed by atoms with Crippen LogP contribution < -0.4 is 5.73 Å². The predicted octanol–water partition coefficient (Wildman–Crippen LogP) is 1.34. The number of ketones is 1. The van der Waals surface area contributed by atoms with Crippen LogP contribution in [-0.4, -0.2) is 12.3 Å². The lowest BCUT2D eigenvalue weighted by molar-refractivity contribution is -0.126. The van der Waals surface area contributed by atoms with E-state index in [-0.39, 0.29) is 0 Å². The van der Waals surface area contributed by atoms with Crippen LogP contribution in [0.3, 0.4) is 0 Å². The molecule has 0 aromatic rings. The molecule has 2 fully saturated rings. The molecule has 2 heteroatoms. The third-order valence-electron chi connectivity index (χ3n) is 3.61. The number of rotatable bonds is 1. The van der Waals surface area contributed by atoms with Gasteiger partial charge in [-0.05, 0) is 37.1 Å². The molecule has 0 aromatic carbocycles. The first-order chi connectivity index (χ1) is 5.81. The maximum absolute atomic E-state index is 11.3. The Morgan fingerprint density at radius 1 is 1.25 bits per heavy atom. The number of carbonyl (C=O) groups is 1. The quantitative estimate of drug-likeness (QED) is 0.640. The van der Waals surface area contributed by atoms with Crippen molar-refractivity contribution in [1.82, 2.24) is 0 Å². The van der Waals surface area contributed by atoms with Crippen molar-refractivity contribution in [1.29, 1.82) is 0 Å². The van der Waals surface area contributed by atoms with Gasteiger partial charge in [0, 0.05) is 12.8 Å². The molecule has 0 saturated heterocycles. The van der Waals surface area contributed by atoms with Gasteiger partial charge in [0.25, 0.3) is 0 Å². The Labute approximate surface area is 73.5 Å². The number of hydrogen-bond donors (Lipinski definition) is 1. The zero-order valence-corrected chi connectivity index (χ0v) is 7.46. The minimum absolute atomic E-state index is 0.481. The summed E-state index contributed by atoms with van der Waals surface area (Å²) in [5, 5.41) is 0. The lowest BCUT2D eigenvalue weighted by Gasteiger charge is -2.41. The van der Waals surface area contributed by atoms with E-state index in [1.54, 1.807) is 0 Å². The first-order valence-corrected chi connectivity index (χ1v) is 5.03. The molecule has 2 nitrogen and oxygen atoms in total. The maximum Gasteiger partial charge on any atom is 0.133 e. The second-order valence-electron chi connectivity index (χ2n) is 4.30. The van der Waals surface area contributed by atoms with Crippen LogP contribution in [0.4, 0.5) is 0 Å². The van der Waals surface area contributed by atoms with Crippen LogP contribution in [0, 0.1) is 17.8 Å². The van der Waals surface area contributed by atoms with Crippen molar-refractivity contribution in [2.24, 2.45) is 23.5 Å². The first kappa shape index (κ1) is 8.24.